The quantitative estimate of drug-likeness (QED) is 0.423. The fourth-order valence-electron chi connectivity index (χ4n) is 2.33. The normalized spacial score (nSPS) is 15.2. The van der Waals surface area contributed by atoms with E-state index in [0.29, 0.717) is 12.5 Å². The van der Waals surface area contributed by atoms with Crippen LogP contribution in [0.2, 0.25) is 0 Å². The second kappa shape index (κ2) is 9.22. The number of rotatable bonds is 6. The van der Waals surface area contributed by atoms with Crippen LogP contribution in [-0.4, -0.2) is 18.6 Å². The largest absolute Gasteiger partial charge is 0.491 e. The highest BCUT2D eigenvalue weighted by Crippen LogP contribution is 2.25. The van der Waals surface area contributed by atoms with E-state index in [0.717, 1.165) is 23.8 Å². The molecule has 22 heavy (non-hydrogen) atoms. The molecule has 4 nitrogen and oxygen atoms in total. The maximum atomic E-state index is 5.93. The number of hydrogen-bond acceptors (Lipinski definition) is 2. The number of aryl methyl sites for hydroxylation is 1. The van der Waals surface area contributed by atoms with Crippen molar-refractivity contribution in [1.82, 2.24) is 5.32 Å². The Morgan fingerprint density at radius 2 is 2.14 bits per heavy atom. The lowest BCUT2D eigenvalue weighted by molar-refractivity contribution is 0.240. The van der Waals surface area contributed by atoms with Gasteiger partial charge in [0.25, 0.3) is 0 Å². The zero-order valence-corrected chi connectivity index (χ0v) is 16.1. The first-order valence-corrected chi connectivity index (χ1v) is 7.84. The monoisotopic (exact) mass is 417 g/mol. The molecule has 1 aliphatic carbocycles. The Morgan fingerprint density at radius 3 is 2.73 bits per heavy atom. The molecule has 0 aromatic heterocycles. The molecule has 0 saturated heterocycles. The topological polar surface area (TPSA) is 59.6 Å². The van der Waals surface area contributed by atoms with Crippen LogP contribution < -0.4 is 15.8 Å². The van der Waals surface area contributed by atoms with Gasteiger partial charge in [-0.15, -0.1) is 24.0 Å². The number of halogens is 1. The number of nitrogens with zero attached hydrogens (tertiary/aromatic N) is 1. The first-order chi connectivity index (χ1) is 10.0. The molecule has 1 aromatic carbocycles. The Kier molecular flexibility index (Phi) is 8.00. The molecule has 1 saturated carbocycles. The molecule has 5 heteroatoms. The van der Waals surface area contributed by atoms with Gasteiger partial charge in [0.05, 0.1) is 12.6 Å². The van der Waals surface area contributed by atoms with Crippen LogP contribution in [0.4, 0.5) is 0 Å². The average molecular weight is 417 g/mol. The number of ether oxygens (including phenoxy) is 1. The number of nitrogens with one attached hydrogen (secondary N) is 1. The van der Waals surface area contributed by atoms with Crippen molar-refractivity contribution in [3.8, 4) is 5.75 Å². The summed E-state index contributed by atoms with van der Waals surface area (Å²) in [7, 11) is 0. The summed E-state index contributed by atoms with van der Waals surface area (Å²) in [6.07, 6.45) is 4.13. The molecule has 0 radical (unpaired) electrons. The Labute approximate surface area is 150 Å². The van der Waals surface area contributed by atoms with Gasteiger partial charge in [0.1, 0.15) is 5.75 Å². The lowest BCUT2D eigenvalue weighted by atomic mass is 9.85. The van der Waals surface area contributed by atoms with Crippen molar-refractivity contribution >= 4 is 29.9 Å². The molecule has 1 aromatic rings. The van der Waals surface area contributed by atoms with Gasteiger partial charge >= 0.3 is 0 Å². The molecule has 0 bridgehead atoms. The standard InChI is InChI=1S/C17H27N3O.HI/c1-12(2)21-16-9-13(3)7-8-15(16)11-20-17(18)19-10-14-5-4-6-14;/h7-9,12,14H,4-6,10-11H2,1-3H3,(H3,18,19,20);1H. The van der Waals surface area contributed by atoms with Gasteiger partial charge in [0.2, 0.25) is 0 Å². The first kappa shape index (κ1) is 19.1. The zero-order chi connectivity index (χ0) is 15.2. The van der Waals surface area contributed by atoms with E-state index in [2.05, 4.69) is 35.4 Å². The number of aliphatic imine (C=N–C) groups is 1. The van der Waals surface area contributed by atoms with Gasteiger partial charge in [0.15, 0.2) is 5.96 Å². The third kappa shape index (κ3) is 6.02. The summed E-state index contributed by atoms with van der Waals surface area (Å²) in [6.45, 7) is 7.62. The number of guanidine groups is 1. The van der Waals surface area contributed by atoms with Crippen molar-refractivity contribution in [1.29, 1.82) is 0 Å². The predicted octanol–water partition coefficient (Wildman–Crippen LogP) is 3.60. The lowest BCUT2D eigenvalue weighted by Gasteiger charge is -2.25. The van der Waals surface area contributed by atoms with Crippen molar-refractivity contribution < 1.29 is 4.74 Å². The van der Waals surface area contributed by atoms with E-state index in [1.54, 1.807) is 0 Å². The summed E-state index contributed by atoms with van der Waals surface area (Å²) in [5, 5.41) is 3.21. The predicted molar refractivity (Wildman–Crippen MR) is 103 cm³/mol. The summed E-state index contributed by atoms with van der Waals surface area (Å²) < 4.78 is 5.85. The van der Waals surface area contributed by atoms with E-state index in [1.165, 1.54) is 24.8 Å². The fraction of sp³-hybridized carbons (Fsp3) is 0.588. The van der Waals surface area contributed by atoms with Crippen molar-refractivity contribution in [2.75, 3.05) is 6.54 Å². The number of hydrogen-bond donors (Lipinski definition) is 2. The maximum absolute atomic E-state index is 5.93. The summed E-state index contributed by atoms with van der Waals surface area (Å²) in [5.41, 5.74) is 8.19. The Hall–Kier alpha value is -0.980. The van der Waals surface area contributed by atoms with Gasteiger partial charge < -0.3 is 15.8 Å². The van der Waals surface area contributed by atoms with Gasteiger partial charge in [-0.05, 0) is 51.2 Å². The SMILES string of the molecule is Cc1ccc(CN=C(N)NCC2CCC2)c(OC(C)C)c1.I. The van der Waals surface area contributed by atoms with E-state index in [-0.39, 0.29) is 30.1 Å². The molecule has 1 fully saturated rings. The Morgan fingerprint density at radius 1 is 1.41 bits per heavy atom. The minimum absolute atomic E-state index is 0. The van der Waals surface area contributed by atoms with Crippen molar-refractivity contribution in [3.63, 3.8) is 0 Å². The van der Waals surface area contributed by atoms with Crippen molar-refractivity contribution in [2.24, 2.45) is 16.6 Å². The molecule has 0 unspecified atom stereocenters. The second-order valence-electron chi connectivity index (χ2n) is 6.16. The Bertz CT molecular complexity index is 499. The average Bonchev–Trinajstić information content (AvgIpc) is 2.35. The molecule has 0 spiro atoms. The molecule has 1 aliphatic rings. The molecule has 0 aliphatic heterocycles. The van der Waals surface area contributed by atoms with Gasteiger partial charge in [0, 0.05) is 12.1 Å². The fourth-order valence-corrected chi connectivity index (χ4v) is 2.33. The van der Waals surface area contributed by atoms with E-state index in [4.69, 9.17) is 10.5 Å². The van der Waals surface area contributed by atoms with E-state index in [9.17, 15) is 0 Å². The van der Waals surface area contributed by atoms with E-state index >= 15 is 0 Å². The van der Waals surface area contributed by atoms with Crippen molar-refractivity contribution in [2.45, 2.75) is 52.7 Å². The summed E-state index contributed by atoms with van der Waals surface area (Å²) in [6, 6.07) is 6.20. The third-order valence-electron chi connectivity index (χ3n) is 3.80. The third-order valence-corrected chi connectivity index (χ3v) is 3.80. The van der Waals surface area contributed by atoms with Gasteiger partial charge in [-0.2, -0.15) is 0 Å². The minimum Gasteiger partial charge on any atom is -0.491 e. The maximum Gasteiger partial charge on any atom is 0.188 e. The van der Waals surface area contributed by atoms with Crippen LogP contribution in [-0.2, 0) is 6.54 Å². The number of nitrogens with two attached hydrogens (primary N) is 1. The van der Waals surface area contributed by atoms with Crippen LogP contribution >= 0.6 is 24.0 Å². The molecule has 124 valence electrons. The highest BCUT2D eigenvalue weighted by atomic mass is 127. The minimum atomic E-state index is 0. The highest BCUT2D eigenvalue weighted by Gasteiger charge is 2.16. The summed E-state index contributed by atoms with van der Waals surface area (Å²) in [4.78, 5) is 4.43. The highest BCUT2D eigenvalue weighted by molar-refractivity contribution is 14.0. The molecule has 0 amide bonds. The van der Waals surface area contributed by atoms with Crippen LogP contribution in [0.1, 0.15) is 44.2 Å². The molecule has 0 heterocycles. The molecular weight excluding hydrogens is 389 g/mol. The van der Waals surface area contributed by atoms with E-state index in [1.807, 2.05) is 13.8 Å². The van der Waals surface area contributed by atoms with Gasteiger partial charge in [-0.1, -0.05) is 18.6 Å². The summed E-state index contributed by atoms with van der Waals surface area (Å²) >= 11 is 0. The van der Waals surface area contributed by atoms with Crippen LogP contribution in [0, 0.1) is 12.8 Å². The lowest BCUT2D eigenvalue weighted by Crippen LogP contribution is -2.37. The Balaban J connectivity index is 0.00000242. The van der Waals surface area contributed by atoms with Gasteiger partial charge in [-0.25, -0.2) is 4.99 Å². The van der Waals surface area contributed by atoms with Crippen LogP contribution in [0.25, 0.3) is 0 Å². The van der Waals surface area contributed by atoms with Gasteiger partial charge in [-0.3, -0.25) is 0 Å². The first-order valence-electron chi connectivity index (χ1n) is 7.84. The van der Waals surface area contributed by atoms with E-state index < -0.39 is 0 Å². The van der Waals surface area contributed by atoms with Crippen LogP contribution in [0.5, 0.6) is 5.75 Å². The zero-order valence-electron chi connectivity index (χ0n) is 13.8. The summed E-state index contributed by atoms with van der Waals surface area (Å²) in [5.74, 6) is 2.21. The smallest absolute Gasteiger partial charge is 0.188 e. The number of benzene rings is 1. The molecule has 0 atom stereocenters. The van der Waals surface area contributed by atoms with Crippen LogP contribution in [0.3, 0.4) is 0 Å². The molecule has 2 rings (SSSR count). The molecule has 3 N–H and O–H groups in total. The van der Waals surface area contributed by atoms with Crippen LogP contribution in [0.15, 0.2) is 23.2 Å². The molecular formula is C17H28IN3O. The second-order valence-corrected chi connectivity index (χ2v) is 6.16. The van der Waals surface area contributed by atoms with Crippen molar-refractivity contribution in [3.05, 3.63) is 29.3 Å².